The second-order valence-corrected chi connectivity index (χ2v) is 5.70. The molecule has 2 atom stereocenters. The second kappa shape index (κ2) is 6.80. The lowest BCUT2D eigenvalue weighted by atomic mass is 10.0. The number of aromatic hydroxyl groups is 1. The third-order valence-corrected chi connectivity index (χ3v) is 4.10. The van der Waals surface area contributed by atoms with Crippen LogP contribution in [0.25, 0.3) is 0 Å². The molecular weight excluding hydrogens is 238 g/mol. The SMILES string of the molecule is COc1cc(CNC2CCCC(C)CC2)ccc1O. The van der Waals surface area contributed by atoms with Gasteiger partial charge in [-0.3, -0.25) is 0 Å². The molecule has 2 unspecified atom stereocenters. The maximum absolute atomic E-state index is 9.57. The molecule has 0 heterocycles. The Kier molecular flexibility index (Phi) is 5.08. The highest BCUT2D eigenvalue weighted by Gasteiger charge is 2.15. The van der Waals surface area contributed by atoms with Crippen LogP contribution in [0.4, 0.5) is 0 Å². The smallest absolute Gasteiger partial charge is 0.160 e. The Balaban J connectivity index is 1.87. The first kappa shape index (κ1) is 14.2. The molecule has 106 valence electrons. The van der Waals surface area contributed by atoms with Crippen LogP contribution < -0.4 is 10.1 Å². The van der Waals surface area contributed by atoms with Gasteiger partial charge in [0.25, 0.3) is 0 Å². The van der Waals surface area contributed by atoms with E-state index >= 15 is 0 Å². The Hall–Kier alpha value is -1.22. The summed E-state index contributed by atoms with van der Waals surface area (Å²) in [6.07, 6.45) is 6.58. The van der Waals surface area contributed by atoms with E-state index in [1.165, 1.54) is 32.1 Å². The van der Waals surface area contributed by atoms with Crippen LogP contribution in [0.1, 0.15) is 44.6 Å². The van der Waals surface area contributed by atoms with Crippen LogP contribution in [-0.2, 0) is 6.54 Å². The normalized spacial score (nSPS) is 23.9. The number of methoxy groups -OCH3 is 1. The molecule has 1 aliphatic carbocycles. The van der Waals surface area contributed by atoms with E-state index in [0.717, 1.165) is 18.0 Å². The fraction of sp³-hybridized carbons (Fsp3) is 0.625. The van der Waals surface area contributed by atoms with Crippen LogP contribution in [0.15, 0.2) is 18.2 Å². The van der Waals surface area contributed by atoms with Crippen molar-refractivity contribution >= 4 is 0 Å². The molecule has 1 saturated carbocycles. The minimum absolute atomic E-state index is 0.203. The molecule has 2 N–H and O–H groups in total. The van der Waals surface area contributed by atoms with Gasteiger partial charge in [0.2, 0.25) is 0 Å². The van der Waals surface area contributed by atoms with Crippen molar-refractivity contribution in [3.8, 4) is 11.5 Å². The molecule has 0 aromatic heterocycles. The maximum Gasteiger partial charge on any atom is 0.160 e. The first-order valence-electron chi connectivity index (χ1n) is 7.28. The predicted octanol–water partition coefficient (Wildman–Crippen LogP) is 3.46. The summed E-state index contributed by atoms with van der Waals surface area (Å²) < 4.78 is 5.13. The average Bonchev–Trinajstić information content (AvgIpc) is 2.62. The van der Waals surface area contributed by atoms with E-state index in [4.69, 9.17) is 4.74 Å². The van der Waals surface area contributed by atoms with E-state index in [-0.39, 0.29) is 5.75 Å². The van der Waals surface area contributed by atoms with Crippen LogP contribution in [0, 0.1) is 5.92 Å². The molecule has 1 aromatic carbocycles. The van der Waals surface area contributed by atoms with Crippen LogP contribution in [-0.4, -0.2) is 18.3 Å². The van der Waals surface area contributed by atoms with Crippen molar-refractivity contribution in [3.63, 3.8) is 0 Å². The highest BCUT2D eigenvalue weighted by molar-refractivity contribution is 5.41. The number of phenolic OH excluding ortho intramolecular Hbond substituents is 1. The van der Waals surface area contributed by atoms with Crippen LogP contribution in [0.3, 0.4) is 0 Å². The molecule has 19 heavy (non-hydrogen) atoms. The van der Waals surface area contributed by atoms with Gasteiger partial charge in [-0.25, -0.2) is 0 Å². The number of nitrogens with one attached hydrogen (secondary N) is 1. The summed E-state index contributed by atoms with van der Waals surface area (Å²) in [5, 5.41) is 13.2. The maximum atomic E-state index is 9.57. The van der Waals surface area contributed by atoms with Gasteiger partial charge in [0, 0.05) is 12.6 Å². The van der Waals surface area contributed by atoms with E-state index in [0.29, 0.717) is 11.8 Å². The molecule has 1 fully saturated rings. The van der Waals surface area contributed by atoms with E-state index in [1.54, 1.807) is 13.2 Å². The van der Waals surface area contributed by atoms with Crippen molar-refractivity contribution in [3.05, 3.63) is 23.8 Å². The van der Waals surface area contributed by atoms with E-state index in [2.05, 4.69) is 12.2 Å². The van der Waals surface area contributed by atoms with Crippen molar-refractivity contribution in [1.82, 2.24) is 5.32 Å². The summed E-state index contributed by atoms with van der Waals surface area (Å²) in [5.41, 5.74) is 1.16. The summed E-state index contributed by atoms with van der Waals surface area (Å²) in [6.45, 7) is 3.20. The molecule has 2 rings (SSSR count). The molecule has 0 spiro atoms. The number of phenols is 1. The predicted molar refractivity (Wildman–Crippen MR) is 77.5 cm³/mol. The Morgan fingerprint density at radius 2 is 2.11 bits per heavy atom. The molecule has 1 aromatic rings. The summed E-state index contributed by atoms with van der Waals surface area (Å²) in [5.74, 6) is 1.63. The summed E-state index contributed by atoms with van der Waals surface area (Å²) in [6, 6.07) is 6.18. The number of ether oxygens (including phenoxy) is 1. The monoisotopic (exact) mass is 263 g/mol. The fourth-order valence-electron chi connectivity index (χ4n) is 2.79. The zero-order chi connectivity index (χ0) is 13.7. The lowest BCUT2D eigenvalue weighted by Crippen LogP contribution is -2.27. The number of hydrogen-bond acceptors (Lipinski definition) is 3. The van der Waals surface area contributed by atoms with Crippen molar-refractivity contribution in [2.45, 2.75) is 51.6 Å². The minimum Gasteiger partial charge on any atom is -0.504 e. The van der Waals surface area contributed by atoms with Crippen molar-refractivity contribution < 1.29 is 9.84 Å². The zero-order valence-electron chi connectivity index (χ0n) is 12.0. The Bertz CT molecular complexity index is 406. The lowest BCUT2D eigenvalue weighted by molar-refractivity contribution is 0.372. The molecule has 3 nitrogen and oxygen atoms in total. The number of benzene rings is 1. The summed E-state index contributed by atoms with van der Waals surface area (Å²) >= 11 is 0. The van der Waals surface area contributed by atoms with Gasteiger partial charge in [-0.2, -0.15) is 0 Å². The first-order chi connectivity index (χ1) is 9.19. The molecule has 0 bridgehead atoms. The average molecular weight is 263 g/mol. The standard InChI is InChI=1S/C16H25NO2/c1-12-4-3-5-14(8-6-12)17-11-13-7-9-15(18)16(10-13)19-2/h7,9-10,12,14,17-18H,3-6,8,11H2,1-2H3. The van der Waals surface area contributed by atoms with Crippen LogP contribution in [0.2, 0.25) is 0 Å². The second-order valence-electron chi connectivity index (χ2n) is 5.70. The zero-order valence-corrected chi connectivity index (χ0v) is 12.0. The molecular formula is C16H25NO2. The highest BCUT2D eigenvalue weighted by atomic mass is 16.5. The first-order valence-corrected chi connectivity index (χ1v) is 7.28. The van der Waals surface area contributed by atoms with Crippen molar-refractivity contribution in [2.75, 3.05) is 7.11 Å². The van der Waals surface area contributed by atoms with Gasteiger partial charge in [0.1, 0.15) is 0 Å². The van der Waals surface area contributed by atoms with Gasteiger partial charge in [-0.1, -0.05) is 25.8 Å². The largest absolute Gasteiger partial charge is 0.504 e. The Labute approximate surface area is 116 Å². The van der Waals surface area contributed by atoms with Gasteiger partial charge < -0.3 is 15.2 Å². The number of hydrogen-bond donors (Lipinski definition) is 2. The van der Waals surface area contributed by atoms with E-state index < -0.39 is 0 Å². The van der Waals surface area contributed by atoms with Crippen LogP contribution >= 0.6 is 0 Å². The van der Waals surface area contributed by atoms with Gasteiger partial charge in [0.15, 0.2) is 11.5 Å². The number of rotatable bonds is 4. The molecule has 0 amide bonds. The van der Waals surface area contributed by atoms with Gasteiger partial charge in [0.05, 0.1) is 7.11 Å². The molecule has 0 saturated heterocycles. The van der Waals surface area contributed by atoms with E-state index in [9.17, 15) is 5.11 Å². The Morgan fingerprint density at radius 3 is 2.89 bits per heavy atom. The van der Waals surface area contributed by atoms with Crippen molar-refractivity contribution in [1.29, 1.82) is 0 Å². The molecule has 3 heteroatoms. The topological polar surface area (TPSA) is 41.5 Å². The molecule has 0 aliphatic heterocycles. The van der Waals surface area contributed by atoms with Gasteiger partial charge >= 0.3 is 0 Å². The third kappa shape index (κ3) is 4.13. The molecule has 0 radical (unpaired) electrons. The van der Waals surface area contributed by atoms with Gasteiger partial charge in [-0.05, 0) is 42.9 Å². The van der Waals surface area contributed by atoms with Crippen molar-refractivity contribution in [2.24, 2.45) is 5.92 Å². The summed E-state index contributed by atoms with van der Waals surface area (Å²) in [7, 11) is 1.58. The van der Waals surface area contributed by atoms with Crippen LogP contribution in [0.5, 0.6) is 11.5 Å². The minimum atomic E-state index is 0.203. The highest BCUT2D eigenvalue weighted by Crippen LogP contribution is 2.27. The third-order valence-electron chi connectivity index (χ3n) is 4.10. The fourth-order valence-corrected chi connectivity index (χ4v) is 2.79. The lowest BCUT2D eigenvalue weighted by Gasteiger charge is -2.17. The Morgan fingerprint density at radius 1 is 1.26 bits per heavy atom. The van der Waals surface area contributed by atoms with Gasteiger partial charge in [-0.15, -0.1) is 0 Å². The van der Waals surface area contributed by atoms with E-state index in [1.807, 2.05) is 12.1 Å². The quantitative estimate of drug-likeness (QED) is 0.817. The molecule has 1 aliphatic rings. The summed E-state index contributed by atoms with van der Waals surface area (Å²) in [4.78, 5) is 0.